The van der Waals surface area contributed by atoms with Crippen molar-refractivity contribution in [3.8, 4) is 5.75 Å². The molecule has 0 spiro atoms. The Labute approximate surface area is 137 Å². The van der Waals surface area contributed by atoms with Crippen LogP contribution in [-0.2, 0) is 21.4 Å². The lowest BCUT2D eigenvalue weighted by molar-refractivity contribution is -0.126. The lowest BCUT2D eigenvalue weighted by Crippen LogP contribution is -2.45. The Morgan fingerprint density at radius 3 is 2.65 bits per heavy atom. The molecule has 1 atom stereocenters. The van der Waals surface area contributed by atoms with Crippen molar-refractivity contribution in [2.75, 3.05) is 26.0 Å². The minimum atomic E-state index is -3.22. The molecule has 0 unspecified atom stereocenters. The number of hydrogen-bond donors (Lipinski definition) is 1. The fourth-order valence-electron chi connectivity index (χ4n) is 2.67. The molecule has 0 aromatic heterocycles. The van der Waals surface area contributed by atoms with Crippen molar-refractivity contribution in [3.05, 3.63) is 29.8 Å². The van der Waals surface area contributed by atoms with E-state index in [-0.39, 0.29) is 24.1 Å². The third kappa shape index (κ3) is 4.68. The zero-order chi connectivity index (χ0) is 16.9. The Kier molecular flexibility index (Phi) is 6.01. The van der Waals surface area contributed by atoms with Gasteiger partial charge >= 0.3 is 0 Å². The molecule has 0 bridgehead atoms. The summed E-state index contributed by atoms with van der Waals surface area (Å²) in [6.45, 7) is 2.85. The molecule has 1 heterocycles. The Morgan fingerprint density at radius 1 is 1.35 bits per heavy atom. The first-order chi connectivity index (χ1) is 11.0. The van der Waals surface area contributed by atoms with Gasteiger partial charge in [0.1, 0.15) is 5.75 Å². The van der Waals surface area contributed by atoms with Crippen molar-refractivity contribution in [1.29, 1.82) is 0 Å². The highest BCUT2D eigenvalue weighted by Crippen LogP contribution is 2.20. The molecule has 1 aliphatic rings. The summed E-state index contributed by atoms with van der Waals surface area (Å²) in [5.41, 5.74) is 0.980. The normalized spacial score (nSPS) is 19.3. The van der Waals surface area contributed by atoms with Gasteiger partial charge in [-0.1, -0.05) is 12.1 Å². The van der Waals surface area contributed by atoms with Crippen molar-refractivity contribution >= 4 is 15.9 Å². The van der Waals surface area contributed by atoms with Gasteiger partial charge in [-0.25, -0.2) is 12.7 Å². The number of hydrogen-bond acceptors (Lipinski definition) is 4. The molecule has 0 saturated carbocycles. The van der Waals surface area contributed by atoms with Crippen LogP contribution >= 0.6 is 0 Å². The monoisotopic (exact) mass is 340 g/mol. The molecular formula is C16H24N2O4S. The number of sulfonamides is 1. The molecule has 23 heavy (non-hydrogen) atoms. The zero-order valence-corrected chi connectivity index (χ0v) is 14.4. The molecule has 6 nitrogen and oxygen atoms in total. The van der Waals surface area contributed by atoms with Crippen molar-refractivity contribution in [1.82, 2.24) is 9.62 Å². The summed E-state index contributed by atoms with van der Waals surface area (Å²) in [5, 5.41) is 2.89. The molecule has 0 aliphatic carbocycles. The zero-order valence-electron chi connectivity index (χ0n) is 13.6. The third-order valence-corrected chi connectivity index (χ3v) is 5.99. The first kappa shape index (κ1) is 17.7. The first-order valence-electron chi connectivity index (χ1n) is 7.84. The van der Waals surface area contributed by atoms with Crippen LogP contribution in [-0.4, -0.2) is 44.6 Å². The summed E-state index contributed by atoms with van der Waals surface area (Å²) >= 11 is 0. The number of amides is 1. The van der Waals surface area contributed by atoms with Crippen LogP contribution in [0.4, 0.5) is 0 Å². The smallest absolute Gasteiger partial charge is 0.224 e. The Morgan fingerprint density at radius 2 is 2.04 bits per heavy atom. The van der Waals surface area contributed by atoms with Crippen LogP contribution in [0.2, 0.25) is 0 Å². The second kappa shape index (κ2) is 7.79. The van der Waals surface area contributed by atoms with Crippen LogP contribution in [0, 0.1) is 5.92 Å². The molecule has 1 aromatic carbocycles. The molecule has 1 aliphatic heterocycles. The predicted octanol–water partition coefficient (Wildman–Crippen LogP) is 1.37. The molecule has 128 valence electrons. The molecular weight excluding hydrogens is 316 g/mol. The fraction of sp³-hybridized carbons (Fsp3) is 0.562. The van der Waals surface area contributed by atoms with E-state index in [2.05, 4.69) is 5.32 Å². The van der Waals surface area contributed by atoms with E-state index < -0.39 is 10.0 Å². The maximum Gasteiger partial charge on any atom is 0.224 e. The summed E-state index contributed by atoms with van der Waals surface area (Å²) in [6, 6.07) is 7.48. The Hall–Kier alpha value is -1.60. The highest BCUT2D eigenvalue weighted by atomic mass is 32.2. The van der Waals surface area contributed by atoms with Crippen LogP contribution in [0.15, 0.2) is 24.3 Å². The van der Waals surface area contributed by atoms with Gasteiger partial charge in [0.15, 0.2) is 0 Å². The minimum Gasteiger partial charge on any atom is -0.497 e. The number of ether oxygens (including phenoxy) is 1. The topological polar surface area (TPSA) is 75.7 Å². The quantitative estimate of drug-likeness (QED) is 0.849. The average molecular weight is 340 g/mol. The molecule has 1 saturated heterocycles. The summed E-state index contributed by atoms with van der Waals surface area (Å²) in [7, 11) is -1.62. The van der Waals surface area contributed by atoms with Gasteiger partial charge in [-0.05, 0) is 37.5 Å². The predicted molar refractivity (Wildman–Crippen MR) is 88.6 cm³/mol. The summed E-state index contributed by atoms with van der Waals surface area (Å²) in [5.74, 6) is 0.487. The average Bonchev–Trinajstić information content (AvgIpc) is 2.60. The maximum absolute atomic E-state index is 12.3. The van der Waals surface area contributed by atoms with Crippen molar-refractivity contribution in [3.63, 3.8) is 0 Å². The molecule has 1 N–H and O–H groups in total. The van der Waals surface area contributed by atoms with Crippen molar-refractivity contribution < 1.29 is 17.9 Å². The standard InChI is InChI=1S/C16H24N2O4S/c1-3-23(20,21)18-10-4-5-14(12-18)16(19)17-11-13-6-8-15(22-2)9-7-13/h6-9,14H,3-5,10-12H2,1-2H3,(H,17,19)/t14-/m1/s1. The van der Waals surface area contributed by atoms with E-state index in [4.69, 9.17) is 4.74 Å². The molecule has 7 heteroatoms. The van der Waals surface area contributed by atoms with Crippen LogP contribution in [0.5, 0.6) is 5.75 Å². The molecule has 1 fully saturated rings. The van der Waals surface area contributed by atoms with E-state index in [1.807, 2.05) is 24.3 Å². The lowest BCUT2D eigenvalue weighted by atomic mass is 9.99. The molecule has 1 aromatic rings. The second-order valence-corrected chi connectivity index (χ2v) is 7.92. The maximum atomic E-state index is 12.3. The summed E-state index contributed by atoms with van der Waals surface area (Å²) < 4.78 is 30.4. The largest absolute Gasteiger partial charge is 0.497 e. The fourth-order valence-corrected chi connectivity index (χ4v) is 3.85. The Bertz CT molecular complexity index is 628. The van der Waals surface area contributed by atoms with Gasteiger partial charge in [0.25, 0.3) is 0 Å². The highest BCUT2D eigenvalue weighted by Gasteiger charge is 2.31. The molecule has 1 amide bonds. The number of piperidine rings is 1. The lowest BCUT2D eigenvalue weighted by Gasteiger charge is -2.30. The molecule has 0 radical (unpaired) electrons. The van der Waals surface area contributed by atoms with Crippen LogP contribution in [0.3, 0.4) is 0 Å². The summed E-state index contributed by atoms with van der Waals surface area (Å²) in [4.78, 5) is 12.3. The first-order valence-corrected chi connectivity index (χ1v) is 9.45. The van der Waals surface area contributed by atoms with Gasteiger partial charge < -0.3 is 10.1 Å². The van der Waals surface area contributed by atoms with E-state index >= 15 is 0 Å². The number of nitrogens with zero attached hydrogens (tertiary/aromatic N) is 1. The van der Waals surface area contributed by atoms with Crippen molar-refractivity contribution in [2.24, 2.45) is 5.92 Å². The second-order valence-electron chi connectivity index (χ2n) is 5.66. The third-order valence-electron chi connectivity index (χ3n) is 4.14. The van der Waals surface area contributed by atoms with Crippen LogP contribution < -0.4 is 10.1 Å². The number of methoxy groups -OCH3 is 1. The van der Waals surface area contributed by atoms with Gasteiger partial charge in [0.2, 0.25) is 15.9 Å². The molecule has 2 rings (SSSR count). The van der Waals surface area contributed by atoms with Gasteiger partial charge in [-0.15, -0.1) is 0 Å². The van der Waals surface area contributed by atoms with E-state index in [0.29, 0.717) is 13.1 Å². The van der Waals surface area contributed by atoms with E-state index in [0.717, 1.165) is 24.2 Å². The van der Waals surface area contributed by atoms with Crippen LogP contribution in [0.25, 0.3) is 0 Å². The number of carbonyl (C=O) groups excluding carboxylic acids is 1. The minimum absolute atomic E-state index is 0.0766. The van der Waals surface area contributed by atoms with Gasteiger partial charge in [0.05, 0.1) is 18.8 Å². The van der Waals surface area contributed by atoms with Gasteiger partial charge in [0, 0.05) is 19.6 Å². The summed E-state index contributed by atoms with van der Waals surface area (Å²) in [6.07, 6.45) is 1.45. The number of carbonyl (C=O) groups is 1. The van der Waals surface area contributed by atoms with Crippen molar-refractivity contribution in [2.45, 2.75) is 26.3 Å². The number of rotatable bonds is 6. The Balaban J connectivity index is 1.89. The van der Waals surface area contributed by atoms with E-state index in [1.165, 1.54) is 4.31 Å². The van der Waals surface area contributed by atoms with Gasteiger partial charge in [-0.2, -0.15) is 0 Å². The van der Waals surface area contributed by atoms with E-state index in [9.17, 15) is 13.2 Å². The van der Waals surface area contributed by atoms with Gasteiger partial charge in [-0.3, -0.25) is 4.79 Å². The van der Waals surface area contributed by atoms with Crippen LogP contribution in [0.1, 0.15) is 25.3 Å². The van der Waals surface area contributed by atoms with E-state index in [1.54, 1.807) is 14.0 Å². The number of benzene rings is 1. The SMILES string of the molecule is CCS(=O)(=O)N1CCC[C@@H](C(=O)NCc2ccc(OC)cc2)C1. The number of nitrogens with one attached hydrogen (secondary N) is 1. The highest BCUT2D eigenvalue weighted by molar-refractivity contribution is 7.89.